The van der Waals surface area contributed by atoms with Gasteiger partial charge in [-0.05, 0) is 48.5 Å². The number of rotatable bonds is 5. The number of halogens is 1. The number of H-pyrrole nitrogens is 1. The van der Waals surface area contributed by atoms with Crippen molar-refractivity contribution in [3.63, 3.8) is 0 Å². The van der Waals surface area contributed by atoms with Crippen LogP contribution < -0.4 is 20.5 Å². The van der Waals surface area contributed by atoms with E-state index in [-0.39, 0.29) is 17.1 Å². The maximum Gasteiger partial charge on any atom is 0.302 e. The number of hydrogen-bond acceptors (Lipinski definition) is 6. The summed E-state index contributed by atoms with van der Waals surface area (Å²) in [5.41, 5.74) is 1.50. The zero-order chi connectivity index (χ0) is 22.0. The Kier molecular flexibility index (Phi) is 5.31. The van der Waals surface area contributed by atoms with Crippen molar-refractivity contribution in [3.8, 4) is 11.8 Å². The predicted octanol–water partition coefficient (Wildman–Crippen LogP) is 3.38. The molecule has 0 spiro atoms. The number of carbonyl (C=O) groups is 1. The van der Waals surface area contributed by atoms with Crippen molar-refractivity contribution in [2.45, 2.75) is 0 Å². The average Bonchev–Trinajstić information content (AvgIpc) is 2.79. The van der Waals surface area contributed by atoms with Crippen LogP contribution in [0.4, 0.5) is 15.8 Å². The molecule has 0 bridgehead atoms. The molecule has 8 nitrogen and oxygen atoms in total. The van der Waals surface area contributed by atoms with Gasteiger partial charge in [0.25, 0.3) is 11.5 Å². The van der Waals surface area contributed by atoms with Crippen molar-refractivity contribution in [1.82, 2.24) is 20.3 Å². The molecule has 0 fully saturated rings. The molecule has 0 aliphatic rings. The minimum absolute atomic E-state index is 0.0346. The molecule has 2 N–H and O–H groups in total. The Labute approximate surface area is 176 Å². The number of aromatic amines is 1. The fraction of sp³-hybridized carbons (Fsp3) is 0.0909. The Morgan fingerprint density at radius 1 is 1.13 bits per heavy atom. The van der Waals surface area contributed by atoms with E-state index in [1.807, 2.05) is 0 Å². The molecule has 4 aromatic rings. The molecular formula is C22H18FN5O3. The van der Waals surface area contributed by atoms with E-state index in [0.29, 0.717) is 22.3 Å². The summed E-state index contributed by atoms with van der Waals surface area (Å²) in [6.07, 6.45) is 3.01. The maximum absolute atomic E-state index is 13.9. The van der Waals surface area contributed by atoms with Gasteiger partial charge in [0.05, 0.1) is 22.7 Å². The lowest BCUT2D eigenvalue weighted by Crippen LogP contribution is -2.20. The van der Waals surface area contributed by atoms with Gasteiger partial charge in [-0.15, -0.1) is 0 Å². The van der Waals surface area contributed by atoms with Gasteiger partial charge < -0.3 is 15.0 Å². The lowest BCUT2D eigenvalue weighted by atomic mass is 10.1. The quantitative estimate of drug-likeness (QED) is 0.514. The van der Waals surface area contributed by atoms with E-state index in [1.54, 1.807) is 48.3 Å². The van der Waals surface area contributed by atoms with Gasteiger partial charge in [-0.1, -0.05) is 0 Å². The Morgan fingerprint density at radius 2 is 1.87 bits per heavy atom. The molecule has 0 aliphatic carbocycles. The molecule has 0 saturated carbocycles. The van der Waals surface area contributed by atoms with E-state index in [4.69, 9.17) is 4.74 Å². The highest BCUT2D eigenvalue weighted by molar-refractivity contribution is 5.95. The van der Waals surface area contributed by atoms with Crippen molar-refractivity contribution in [2.24, 2.45) is 0 Å². The first-order valence-corrected chi connectivity index (χ1v) is 9.33. The van der Waals surface area contributed by atoms with Crippen LogP contribution in [0, 0.1) is 5.82 Å². The van der Waals surface area contributed by atoms with Crippen molar-refractivity contribution in [3.05, 3.63) is 82.7 Å². The second-order valence-electron chi connectivity index (χ2n) is 6.66. The first-order valence-electron chi connectivity index (χ1n) is 9.33. The fourth-order valence-electron chi connectivity index (χ4n) is 3.05. The summed E-state index contributed by atoms with van der Waals surface area (Å²) in [5, 5.41) is 2.85. The SMILES string of the molecule is CNC(=O)c1cc(N(C)c2ccc(Oc3nc4cnccc4c(=O)[nH]3)cc2)ccc1F. The van der Waals surface area contributed by atoms with Crippen molar-refractivity contribution >= 4 is 28.2 Å². The molecule has 2 aromatic carbocycles. The molecule has 1 amide bonds. The molecule has 2 aromatic heterocycles. The molecular weight excluding hydrogens is 401 g/mol. The number of pyridine rings is 1. The Bertz CT molecular complexity index is 1320. The van der Waals surface area contributed by atoms with Crippen LogP contribution in [0.15, 0.2) is 65.7 Å². The number of benzene rings is 2. The fourth-order valence-corrected chi connectivity index (χ4v) is 3.05. The number of anilines is 2. The minimum atomic E-state index is -0.590. The molecule has 31 heavy (non-hydrogen) atoms. The maximum atomic E-state index is 13.9. The van der Waals surface area contributed by atoms with Gasteiger partial charge in [0.1, 0.15) is 11.6 Å². The highest BCUT2D eigenvalue weighted by Crippen LogP contribution is 2.28. The zero-order valence-electron chi connectivity index (χ0n) is 16.7. The molecule has 0 unspecified atom stereocenters. The molecule has 2 heterocycles. The number of fused-ring (bicyclic) bond motifs is 1. The first kappa shape index (κ1) is 20.0. The van der Waals surface area contributed by atoms with Crippen molar-refractivity contribution in [2.75, 3.05) is 19.0 Å². The largest absolute Gasteiger partial charge is 0.426 e. The molecule has 156 valence electrons. The average molecular weight is 419 g/mol. The summed E-state index contributed by atoms with van der Waals surface area (Å²) in [5.74, 6) is -0.621. The summed E-state index contributed by atoms with van der Waals surface area (Å²) in [6, 6.07) is 13.0. The summed E-state index contributed by atoms with van der Waals surface area (Å²) in [7, 11) is 3.25. The molecule has 0 radical (unpaired) electrons. The predicted molar refractivity (Wildman–Crippen MR) is 115 cm³/mol. The van der Waals surface area contributed by atoms with Crippen molar-refractivity contribution < 1.29 is 13.9 Å². The monoisotopic (exact) mass is 419 g/mol. The molecule has 4 rings (SSSR count). The highest BCUT2D eigenvalue weighted by Gasteiger charge is 2.14. The first-order chi connectivity index (χ1) is 15.0. The van der Waals surface area contributed by atoms with E-state index in [2.05, 4.69) is 20.3 Å². The van der Waals surface area contributed by atoms with Crippen LogP contribution in [0.1, 0.15) is 10.4 Å². The van der Waals surface area contributed by atoms with E-state index >= 15 is 0 Å². The van der Waals surface area contributed by atoms with E-state index in [9.17, 15) is 14.0 Å². The van der Waals surface area contributed by atoms with Crippen LogP contribution in [0.2, 0.25) is 0 Å². The summed E-state index contributed by atoms with van der Waals surface area (Å²) in [4.78, 5) is 36.6. The number of ether oxygens (including phenoxy) is 1. The van der Waals surface area contributed by atoms with Crippen LogP contribution in [0.5, 0.6) is 11.8 Å². The lowest BCUT2D eigenvalue weighted by Gasteiger charge is -2.20. The number of aromatic nitrogens is 3. The van der Waals surface area contributed by atoms with E-state index in [0.717, 1.165) is 5.69 Å². The molecule has 0 aliphatic heterocycles. The van der Waals surface area contributed by atoms with Gasteiger partial charge in [0.15, 0.2) is 0 Å². The van der Waals surface area contributed by atoms with E-state index in [1.165, 1.54) is 31.6 Å². The van der Waals surface area contributed by atoms with Gasteiger partial charge in [0, 0.05) is 31.7 Å². The highest BCUT2D eigenvalue weighted by atomic mass is 19.1. The Hall–Kier alpha value is -4.27. The normalized spacial score (nSPS) is 10.7. The third-order valence-electron chi connectivity index (χ3n) is 4.73. The third-order valence-corrected chi connectivity index (χ3v) is 4.73. The van der Waals surface area contributed by atoms with Crippen LogP contribution in [0.3, 0.4) is 0 Å². The van der Waals surface area contributed by atoms with Gasteiger partial charge in [-0.3, -0.25) is 19.6 Å². The number of amides is 1. The summed E-state index contributed by atoms with van der Waals surface area (Å²) < 4.78 is 19.6. The minimum Gasteiger partial charge on any atom is -0.426 e. The van der Waals surface area contributed by atoms with Crippen LogP contribution >= 0.6 is 0 Å². The summed E-state index contributed by atoms with van der Waals surface area (Å²) in [6.45, 7) is 0. The lowest BCUT2D eigenvalue weighted by molar-refractivity contribution is 0.0959. The van der Waals surface area contributed by atoms with Gasteiger partial charge in [-0.25, -0.2) is 4.39 Å². The van der Waals surface area contributed by atoms with Crippen LogP contribution in [-0.4, -0.2) is 35.0 Å². The number of nitrogens with zero attached hydrogens (tertiary/aromatic N) is 3. The molecule has 9 heteroatoms. The molecule has 0 saturated heterocycles. The topological polar surface area (TPSA) is 100 Å². The van der Waals surface area contributed by atoms with Crippen LogP contribution in [0.25, 0.3) is 10.9 Å². The number of nitrogens with one attached hydrogen (secondary N) is 2. The van der Waals surface area contributed by atoms with Crippen LogP contribution in [-0.2, 0) is 0 Å². The van der Waals surface area contributed by atoms with Gasteiger partial charge in [0.2, 0.25) is 0 Å². The smallest absolute Gasteiger partial charge is 0.302 e. The second-order valence-corrected chi connectivity index (χ2v) is 6.66. The standard InChI is InChI=1S/C22H18FN5O3/c1-24-20(29)17-11-14(5-8-18(17)23)28(2)13-3-6-15(7-4-13)31-22-26-19-12-25-10-9-16(19)21(30)27-22/h3-12H,1-2H3,(H,24,29)(H,26,27,30). The third kappa shape index (κ3) is 4.06. The zero-order valence-corrected chi connectivity index (χ0v) is 16.7. The number of hydrogen-bond donors (Lipinski definition) is 2. The van der Waals surface area contributed by atoms with Gasteiger partial charge in [-0.2, -0.15) is 4.98 Å². The molecule has 0 atom stereocenters. The summed E-state index contributed by atoms with van der Waals surface area (Å²) >= 11 is 0. The number of carbonyl (C=O) groups excluding carboxylic acids is 1. The van der Waals surface area contributed by atoms with Gasteiger partial charge >= 0.3 is 6.01 Å². The Balaban J connectivity index is 1.56. The second kappa shape index (κ2) is 8.23. The Morgan fingerprint density at radius 3 is 2.61 bits per heavy atom. The van der Waals surface area contributed by atoms with Crippen molar-refractivity contribution in [1.29, 1.82) is 0 Å². The van der Waals surface area contributed by atoms with E-state index < -0.39 is 11.7 Å².